The molecule has 73 heavy (non-hydrogen) atoms. The highest BCUT2D eigenvalue weighted by Gasteiger charge is 2.31. The van der Waals surface area contributed by atoms with Crippen molar-refractivity contribution >= 4 is 47.2 Å². The number of amides is 2. The Morgan fingerprint density at radius 1 is 0.685 bits per heavy atom. The van der Waals surface area contributed by atoms with Crippen LogP contribution in [0.2, 0.25) is 0 Å². The monoisotopic (exact) mass is 1020 g/mol. The van der Waals surface area contributed by atoms with Crippen LogP contribution in [0.25, 0.3) is 0 Å². The van der Waals surface area contributed by atoms with Crippen molar-refractivity contribution in [2.24, 2.45) is 0 Å². The minimum absolute atomic E-state index is 0.0501. The molecule has 0 bridgehead atoms. The second kappa shape index (κ2) is 30.0. The van der Waals surface area contributed by atoms with Crippen LogP contribution in [0.5, 0.6) is 0 Å². The number of anilines is 3. The lowest BCUT2D eigenvalue weighted by molar-refractivity contribution is -0.177. The predicted molar refractivity (Wildman–Crippen MR) is 253 cm³/mol. The lowest BCUT2D eigenvalue weighted by Gasteiger charge is -2.14. The summed E-state index contributed by atoms with van der Waals surface area (Å²) in [5.41, 5.74) is 4.66. The number of ether oxygens (including phenoxy) is 9. The molecule has 27 nitrogen and oxygen atoms in total. The summed E-state index contributed by atoms with van der Waals surface area (Å²) in [4.78, 5) is 103. The fourth-order valence-electron chi connectivity index (χ4n) is 5.89. The molecule has 0 spiro atoms. The van der Waals surface area contributed by atoms with Crippen LogP contribution in [-0.4, -0.2) is 129 Å². The van der Waals surface area contributed by atoms with Gasteiger partial charge in [-0.1, -0.05) is 50.2 Å². The average Bonchev–Trinajstić information content (AvgIpc) is 4.16. The molecule has 0 saturated carbocycles. The number of nitrogens with one attached hydrogen (secondary N) is 3. The number of hydrogen-bond donors (Lipinski definition) is 5. The van der Waals surface area contributed by atoms with Gasteiger partial charge in [-0.25, -0.2) is 29.0 Å². The van der Waals surface area contributed by atoms with E-state index < -0.39 is 72.6 Å². The number of carbonyl (C=O) groups is 5. The summed E-state index contributed by atoms with van der Waals surface area (Å²) in [5, 5.41) is 13.6. The molecule has 3 aromatic heterocycles. The van der Waals surface area contributed by atoms with E-state index in [1.54, 1.807) is 54.6 Å². The molecule has 27 heteroatoms. The number of aromatic nitrogens is 6. The third-order valence-electron chi connectivity index (χ3n) is 8.95. The topological polar surface area (TPSA) is 354 Å². The summed E-state index contributed by atoms with van der Waals surface area (Å²) in [5.74, 6) is -1.27. The molecule has 2 amide bonds. The summed E-state index contributed by atoms with van der Waals surface area (Å²) in [6.45, 7) is 8.02. The van der Waals surface area contributed by atoms with E-state index in [4.69, 9.17) is 53.5 Å². The smallest absolute Gasteiger partial charge is 0.351 e. The standard InChI is InChI=1S/C17H17N3O6.C13H14O6.C8H11N3O4.C6H7N3O2.C2H6/c1-11(21)18-13-7-8-20(17(23)19-13)14-9-24-15(26-14)10-25-16(22)12-5-3-2-4-6-12;1-9(14)18-12-8-16-11(19-12)7-17-13(15)10-5-3-2-4-6-10;9-5-1-2-11(8(13)10-5)6-4-14-7(3-12)15-6;1-4(10)8-5-2-3-7-6(11)9-5;1-2/h2-8,14-15H,9-10H2,1H3,(H,18,19,21,23);2-6,11-12H,7-8H2,1H3;1-2,6-7,12H,3-4H2,(H2,9,10,13);2-3H,1H3,(H2,7,8,9,10,11);1-2H3/t14?,15-;11-,12?;6?,7-;;/m000../s1. The summed E-state index contributed by atoms with van der Waals surface area (Å²) in [6.07, 6.45) is 0.101. The lowest BCUT2D eigenvalue weighted by Crippen LogP contribution is -2.29. The number of aliphatic hydroxyl groups is 1. The van der Waals surface area contributed by atoms with Crippen LogP contribution in [0.4, 0.5) is 17.5 Å². The largest absolute Gasteiger partial charge is 0.457 e. The quantitative estimate of drug-likeness (QED) is 0.0872. The van der Waals surface area contributed by atoms with E-state index in [2.05, 4.69) is 30.6 Å². The van der Waals surface area contributed by atoms with Crippen molar-refractivity contribution in [1.82, 2.24) is 29.1 Å². The van der Waals surface area contributed by atoms with Crippen molar-refractivity contribution < 1.29 is 71.7 Å². The molecular formula is C46H55N9O18. The number of nitrogens with two attached hydrogens (primary N) is 1. The maximum Gasteiger partial charge on any atom is 0.351 e. The molecule has 6 heterocycles. The number of aliphatic hydroxyl groups excluding tert-OH is 1. The number of esters is 3. The Hall–Kier alpha value is -8.05. The first-order chi connectivity index (χ1) is 35.1. The van der Waals surface area contributed by atoms with E-state index in [1.165, 1.54) is 66.7 Å². The van der Waals surface area contributed by atoms with Crippen LogP contribution in [-0.2, 0) is 57.0 Å². The van der Waals surface area contributed by atoms with Gasteiger partial charge in [0.05, 0.1) is 30.9 Å². The molecule has 0 radical (unpaired) electrons. The molecule has 8 rings (SSSR count). The maximum atomic E-state index is 12.0. The van der Waals surface area contributed by atoms with Gasteiger partial charge in [0, 0.05) is 39.4 Å². The molecule has 3 fully saturated rings. The van der Waals surface area contributed by atoms with Gasteiger partial charge < -0.3 is 64.1 Å². The molecule has 0 aliphatic carbocycles. The molecule has 2 aromatic carbocycles. The molecule has 3 unspecified atom stereocenters. The average molecular weight is 1020 g/mol. The van der Waals surface area contributed by atoms with Gasteiger partial charge in [0.15, 0.2) is 31.3 Å². The molecule has 392 valence electrons. The van der Waals surface area contributed by atoms with Crippen molar-refractivity contribution in [3.63, 3.8) is 0 Å². The SMILES string of the molecule is CC.CC(=O)Nc1ccn(C2CO[C@H](COC(=O)c3ccccc3)O2)c(=O)n1.CC(=O)Nc1ccnc(=O)[nH]1.CC(=O)OC1CO[C@H](COC(=O)c2ccccc2)O1.Nc1ccn(C2CO[C@H](CO)O2)c(=O)n1. The molecule has 5 aromatic rings. The van der Waals surface area contributed by atoms with Crippen molar-refractivity contribution in [2.75, 3.05) is 56.0 Å². The zero-order valence-electron chi connectivity index (χ0n) is 40.1. The van der Waals surface area contributed by atoms with Crippen LogP contribution in [0, 0.1) is 0 Å². The highest BCUT2D eigenvalue weighted by atomic mass is 16.8. The number of benzene rings is 2. The summed E-state index contributed by atoms with van der Waals surface area (Å²) < 4.78 is 49.2. The van der Waals surface area contributed by atoms with E-state index >= 15 is 0 Å². The van der Waals surface area contributed by atoms with Crippen LogP contribution >= 0.6 is 0 Å². The van der Waals surface area contributed by atoms with E-state index in [0.717, 1.165) is 0 Å². The number of rotatable bonds is 12. The van der Waals surface area contributed by atoms with Gasteiger partial charge in [-0.2, -0.15) is 9.97 Å². The lowest BCUT2D eigenvalue weighted by atomic mass is 10.2. The van der Waals surface area contributed by atoms with Gasteiger partial charge in [0.2, 0.25) is 18.1 Å². The van der Waals surface area contributed by atoms with Gasteiger partial charge in [0.25, 0.3) is 0 Å². The number of carbonyl (C=O) groups excluding carboxylic acids is 5. The Bertz CT molecular complexity index is 2740. The van der Waals surface area contributed by atoms with Gasteiger partial charge in [0.1, 0.15) is 37.3 Å². The molecular weight excluding hydrogens is 967 g/mol. The van der Waals surface area contributed by atoms with Crippen LogP contribution in [0.1, 0.15) is 67.8 Å². The fourth-order valence-corrected chi connectivity index (χ4v) is 5.89. The minimum Gasteiger partial charge on any atom is -0.457 e. The Morgan fingerprint density at radius 3 is 1.68 bits per heavy atom. The predicted octanol–water partition coefficient (Wildman–Crippen LogP) is 1.48. The van der Waals surface area contributed by atoms with Crippen LogP contribution < -0.4 is 33.4 Å². The van der Waals surface area contributed by atoms with Crippen molar-refractivity contribution in [3.05, 3.63) is 140 Å². The van der Waals surface area contributed by atoms with Gasteiger partial charge in [-0.05, 0) is 42.5 Å². The summed E-state index contributed by atoms with van der Waals surface area (Å²) in [7, 11) is 0. The molecule has 3 saturated heterocycles. The number of nitrogen functional groups attached to an aromatic ring is 1. The van der Waals surface area contributed by atoms with Gasteiger partial charge in [-0.3, -0.25) is 28.5 Å². The Kier molecular flexibility index (Phi) is 23.6. The zero-order valence-corrected chi connectivity index (χ0v) is 40.1. The number of aromatic amines is 1. The fraction of sp³-hybridized carbons (Fsp3) is 0.370. The highest BCUT2D eigenvalue weighted by Crippen LogP contribution is 2.21. The third kappa shape index (κ3) is 19.9. The third-order valence-corrected chi connectivity index (χ3v) is 8.95. The second-order valence-electron chi connectivity index (χ2n) is 14.5. The molecule has 6 N–H and O–H groups in total. The number of H-pyrrole nitrogens is 1. The van der Waals surface area contributed by atoms with Crippen LogP contribution in [0.3, 0.4) is 0 Å². The zero-order chi connectivity index (χ0) is 53.3. The minimum atomic E-state index is -0.783. The Balaban J connectivity index is 0.000000218. The van der Waals surface area contributed by atoms with E-state index in [9.17, 15) is 38.4 Å². The molecule has 3 aliphatic rings. The van der Waals surface area contributed by atoms with Crippen molar-refractivity contribution in [3.8, 4) is 0 Å². The van der Waals surface area contributed by atoms with Gasteiger partial charge >= 0.3 is 35.0 Å². The van der Waals surface area contributed by atoms with E-state index in [1.807, 2.05) is 19.9 Å². The summed E-state index contributed by atoms with van der Waals surface area (Å²) >= 11 is 0. The Morgan fingerprint density at radius 2 is 1.19 bits per heavy atom. The summed E-state index contributed by atoms with van der Waals surface area (Å²) in [6, 6.07) is 21.6. The first kappa shape index (κ1) is 57.5. The maximum absolute atomic E-state index is 12.0. The molecule has 3 aliphatic heterocycles. The van der Waals surface area contributed by atoms with Crippen LogP contribution in [0.15, 0.2) is 112 Å². The Labute approximate surface area is 415 Å². The van der Waals surface area contributed by atoms with Crippen molar-refractivity contribution in [2.45, 2.75) is 72.2 Å². The highest BCUT2D eigenvalue weighted by molar-refractivity contribution is 5.90. The van der Waals surface area contributed by atoms with E-state index in [-0.39, 0.29) is 63.1 Å². The van der Waals surface area contributed by atoms with Crippen molar-refractivity contribution in [1.29, 1.82) is 0 Å². The number of hydrogen-bond acceptors (Lipinski definition) is 22. The number of nitrogens with zero attached hydrogens (tertiary/aromatic N) is 5. The normalized spacial score (nSPS) is 19.3. The second-order valence-corrected chi connectivity index (χ2v) is 14.5. The first-order valence-electron chi connectivity index (χ1n) is 22.1. The first-order valence-corrected chi connectivity index (χ1v) is 22.1. The molecule has 6 atom stereocenters. The van der Waals surface area contributed by atoms with E-state index in [0.29, 0.717) is 16.9 Å². The van der Waals surface area contributed by atoms with Gasteiger partial charge in [-0.15, -0.1) is 0 Å².